The van der Waals surface area contributed by atoms with Gasteiger partial charge in [0.15, 0.2) is 24.2 Å². The Morgan fingerprint density at radius 3 is 2.42 bits per heavy atom. The molecule has 0 heterocycles. The molecule has 176 valence electrons. The van der Waals surface area contributed by atoms with E-state index in [0.717, 1.165) is 0 Å². The molecule has 2 aromatic rings. The molecule has 9 nitrogen and oxygen atoms in total. The van der Waals surface area contributed by atoms with E-state index in [0.29, 0.717) is 16.5 Å². The lowest BCUT2D eigenvalue weighted by atomic mass is 10.2. The highest BCUT2D eigenvalue weighted by atomic mass is 35.5. The Balaban J connectivity index is 2.01. The average Bonchev–Trinajstić information content (AvgIpc) is 2.81. The number of carbonyl (C=O) groups excluding carboxylic acids is 3. The van der Waals surface area contributed by atoms with Crippen molar-refractivity contribution < 1.29 is 33.3 Å². The van der Waals surface area contributed by atoms with Crippen molar-refractivity contribution in [3.8, 4) is 17.2 Å². The standard InChI is InChI=1S/C23H25ClN2O7/c1-5-10-25-22(28)14(2)33-23(29)15-6-8-19(20(11-15)31-4)32-13-21(27)26-17-12-16(24)7-9-18(17)30-3/h5-9,11-12,14H,1,10,13H2,2-4H3,(H,25,28)(H,26,27). The molecule has 0 aliphatic rings. The number of rotatable bonds is 11. The topological polar surface area (TPSA) is 112 Å². The number of methoxy groups -OCH3 is 2. The fraction of sp³-hybridized carbons (Fsp3) is 0.261. The van der Waals surface area contributed by atoms with Gasteiger partial charge in [0.25, 0.3) is 11.8 Å². The highest BCUT2D eigenvalue weighted by molar-refractivity contribution is 6.31. The first-order chi connectivity index (χ1) is 15.8. The zero-order valence-electron chi connectivity index (χ0n) is 18.5. The molecule has 0 aliphatic carbocycles. The van der Waals surface area contributed by atoms with Crippen molar-refractivity contribution in [2.75, 3.05) is 32.7 Å². The third-order valence-electron chi connectivity index (χ3n) is 4.27. The Hall–Kier alpha value is -3.72. The van der Waals surface area contributed by atoms with Crippen LogP contribution in [0.1, 0.15) is 17.3 Å². The first kappa shape index (κ1) is 25.5. The lowest BCUT2D eigenvalue weighted by molar-refractivity contribution is -0.128. The monoisotopic (exact) mass is 476 g/mol. The molecule has 0 spiro atoms. The molecular weight excluding hydrogens is 452 g/mol. The van der Waals surface area contributed by atoms with E-state index in [1.165, 1.54) is 45.4 Å². The number of halogens is 1. The molecule has 2 N–H and O–H groups in total. The largest absolute Gasteiger partial charge is 0.495 e. The van der Waals surface area contributed by atoms with E-state index in [4.69, 9.17) is 30.5 Å². The van der Waals surface area contributed by atoms with Gasteiger partial charge >= 0.3 is 5.97 Å². The molecule has 2 rings (SSSR count). The molecule has 2 aromatic carbocycles. The van der Waals surface area contributed by atoms with Crippen LogP contribution in [0.5, 0.6) is 17.2 Å². The summed E-state index contributed by atoms with van der Waals surface area (Å²) >= 11 is 5.96. The molecule has 0 fully saturated rings. The highest BCUT2D eigenvalue weighted by Crippen LogP contribution is 2.30. The van der Waals surface area contributed by atoms with Crippen LogP contribution < -0.4 is 24.8 Å². The predicted octanol–water partition coefficient (Wildman–Crippen LogP) is 3.22. The zero-order valence-corrected chi connectivity index (χ0v) is 19.2. The maximum atomic E-state index is 12.4. The van der Waals surface area contributed by atoms with Crippen molar-refractivity contribution in [3.05, 3.63) is 59.6 Å². The number of carbonyl (C=O) groups is 3. The molecule has 0 aromatic heterocycles. The molecule has 2 amide bonds. The fourth-order valence-corrected chi connectivity index (χ4v) is 2.79. The second kappa shape index (κ2) is 12.4. The second-order valence-electron chi connectivity index (χ2n) is 6.63. The quantitative estimate of drug-likeness (QED) is 0.378. The van der Waals surface area contributed by atoms with E-state index >= 15 is 0 Å². The maximum Gasteiger partial charge on any atom is 0.339 e. The minimum atomic E-state index is -0.994. The molecule has 33 heavy (non-hydrogen) atoms. The van der Waals surface area contributed by atoms with Crippen LogP contribution >= 0.6 is 11.6 Å². The van der Waals surface area contributed by atoms with Crippen LogP contribution in [0.2, 0.25) is 5.02 Å². The molecule has 1 atom stereocenters. The van der Waals surface area contributed by atoms with Crippen LogP contribution in [0.15, 0.2) is 49.1 Å². The second-order valence-corrected chi connectivity index (χ2v) is 7.06. The zero-order chi connectivity index (χ0) is 24.4. The Morgan fingerprint density at radius 2 is 1.76 bits per heavy atom. The number of nitrogens with one attached hydrogen (secondary N) is 2. The van der Waals surface area contributed by atoms with Crippen molar-refractivity contribution in [3.63, 3.8) is 0 Å². The summed E-state index contributed by atoms with van der Waals surface area (Å²) in [5.41, 5.74) is 0.547. The van der Waals surface area contributed by atoms with E-state index in [1.54, 1.807) is 18.2 Å². The average molecular weight is 477 g/mol. The molecule has 0 radical (unpaired) electrons. The van der Waals surface area contributed by atoms with E-state index in [-0.39, 0.29) is 30.2 Å². The van der Waals surface area contributed by atoms with E-state index in [1.807, 2.05) is 0 Å². The minimum Gasteiger partial charge on any atom is -0.495 e. The SMILES string of the molecule is C=CCNC(=O)C(C)OC(=O)c1ccc(OCC(=O)Nc2cc(Cl)ccc2OC)c(OC)c1. The van der Waals surface area contributed by atoms with Gasteiger partial charge in [0.1, 0.15) is 5.75 Å². The van der Waals surface area contributed by atoms with Crippen molar-refractivity contribution in [2.45, 2.75) is 13.0 Å². The Morgan fingerprint density at radius 1 is 1.06 bits per heavy atom. The Bertz CT molecular complexity index is 1030. The van der Waals surface area contributed by atoms with Gasteiger partial charge in [0.2, 0.25) is 0 Å². The summed E-state index contributed by atoms with van der Waals surface area (Å²) in [4.78, 5) is 36.5. The van der Waals surface area contributed by atoms with Gasteiger partial charge in [-0.3, -0.25) is 9.59 Å². The Labute approximate surface area is 196 Å². The van der Waals surface area contributed by atoms with Crippen molar-refractivity contribution in [2.24, 2.45) is 0 Å². The number of esters is 1. The molecule has 0 saturated heterocycles. The molecule has 0 saturated carbocycles. The van der Waals surface area contributed by atoms with E-state index in [2.05, 4.69) is 17.2 Å². The summed E-state index contributed by atoms with van der Waals surface area (Å²) in [7, 11) is 2.86. The van der Waals surface area contributed by atoms with Crippen LogP contribution in [0.4, 0.5) is 5.69 Å². The molecule has 0 aliphatic heterocycles. The van der Waals surface area contributed by atoms with Gasteiger partial charge in [0.05, 0.1) is 25.5 Å². The number of anilines is 1. The normalized spacial score (nSPS) is 11.0. The first-order valence-electron chi connectivity index (χ1n) is 9.82. The van der Waals surface area contributed by atoms with Gasteiger partial charge in [-0.1, -0.05) is 17.7 Å². The number of hydrogen-bond donors (Lipinski definition) is 2. The van der Waals surface area contributed by atoms with Gasteiger partial charge in [-0.2, -0.15) is 0 Å². The number of ether oxygens (including phenoxy) is 4. The van der Waals surface area contributed by atoms with Crippen molar-refractivity contribution in [1.29, 1.82) is 0 Å². The summed E-state index contributed by atoms with van der Waals surface area (Å²) in [5, 5.41) is 5.63. The third-order valence-corrected chi connectivity index (χ3v) is 4.50. The van der Waals surface area contributed by atoms with Gasteiger partial charge in [-0.15, -0.1) is 6.58 Å². The van der Waals surface area contributed by atoms with Gasteiger partial charge in [0, 0.05) is 11.6 Å². The van der Waals surface area contributed by atoms with Crippen LogP contribution in [0.3, 0.4) is 0 Å². The molecule has 10 heteroatoms. The van der Waals surface area contributed by atoms with E-state index < -0.39 is 23.9 Å². The summed E-state index contributed by atoms with van der Waals surface area (Å²) in [6.45, 7) is 4.88. The Kier molecular flexibility index (Phi) is 9.56. The third kappa shape index (κ3) is 7.43. The number of amides is 2. The number of hydrogen-bond acceptors (Lipinski definition) is 7. The maximum absolute atomic E-state index is 12.4. The minimum absolute atomic E-state index is 0.149. The molecule has 0 bridgehead atoms. The highest BCUT2D eigenvalue weighted by Gasteiger charge is 2.20. The van der Waals surface area contributed by atoms with Crippen LogP contribution in [0, 0.1) is 0 Å². The van der Waals surface area contributed by atoms with Crippen molar-refractivity contribution in [1.82, 2.24) is 5.32 Å². The summed E-state index contributed by atoms with van der Waals surface area (Å²) in [6.07, 6.45) is 0.522. The van der Waals surface area contributed by atoms with Crippen LogP contribution in [-0.4, -0.2) is 51.3 Å². The van der Waals surface area contributed by atoms with Gasteiger partial charge in [-0.25, -0.2) is 4.79 Å². The van der Waals surface area contributed by atoms with E-state index in [9.17, 15) is 14.4 Å². The lowest BCUT2D eigenvalue weighted by Gasteiger charge is -2.15. The number of benzene rings is 2. The predicted molar refractivity (Wildman–Crippen MR) is 123 cm³/mol. The molecule has 1 unspecified atom stereocenters. The lowest BCUT2D eigenvalue weighted by Crippen LogP contribution is -2.35. The molecular formula is C23H25ClN2O7. The smallest absolute Gasteiger partial charge is 0.339 e. The summed E-state index contributed by atoms with van der Waals surface area (Å²) < 4.78 is 21.1. The van der Waals surface area contributed by atoms with Crippen molar-refractivity contribution >= 4 is 35.1 Å². The first-order valence-corrected chi connectivity index (χ1v) is 10.2. The van der Waals surface area contributed by atoms with Crippen LogP contribution in [0.25, 0.3) is 0 Å². The fourth-order valence-electron chi connectivity index (χ4n) is 2.62. The van der Waals surface area contributed by atoms with Crippen LogP contribution in [-0.2, 0) is 14.3 Å². The van der Waals surface area contributed by atoms with Gasteiger partial charge in [-0.05, 0) is 43.3 Å². The van der Waals surface area contributed by atoms with Gasteiger partial charge < -0.3 is 29.6 Å². The summed E-state index contributed by atoms with van der Waals surface area (Å²) in [5.74, 6) is -0.731. The summed E-state index contributed by atoms with van der Waals surface area (Å²) in [6, 6.07) is 9.11.